The van der Waals surface area contributed by atoms with Crippen molar-refractivity contribution in [1.29, 1.82) is 0 Å². The zero-order chi connectivity index (χ0) is 17.0. The number of esters is 1. The molecule has 0 saturated heterocycles. The van der Waals surface area contributed by atoms with E-state index in [9.17, 15) is 4.79 Å². The number of ether oxygens (including phenoxy) is 1. The number of nitrogens with one attached hydrogen (secondary N) is 1. The van der Waals surface area contributed by atoms with E-state index in [0.717, 1.165) is 25.0 Å². The molecule has 0 fully saturated rings. The summed E-state index contributed by atoms with van der Waals surface area (Å²) in [5.74, 6) is 0.237. The first-order chi connectivity index (χ1) is 12.2. The number of hydrogen-bond donors (Lipinski definition) is 1. The van der Waals surface area contributed by atoms with Gasteiger partial charge in [-0.25, -0.2) is 0 Å². The van der Waals surface area contributed by atoms with Crippen molar-refractivity contribution < 1.29 is 9.53 Å². The number of hydrogen-bond acceptors (Lipinski definition) is 5. The van der Waals surface area contributed by atoms with Crippen LogP contribution in [0.3, 0.4) is 0 Å². The number of thiazole rings is 1. The van der Waals surface area contributed by atoms with Crippen LogP contribution in [-0.2, 0) is 4.79 Å². The van der Waals surface area contributed by atoms with E-state index < -0.39 is 0 Å². The fourth-order valence-corrected chi connectivity index (χ4v) is 6.71. The highest BCUT2D eigenvalue weighted by Gasteiger charge is 2.49. The molecular weight excluding hydrogens is 370 g/mol. The zero-order valence-corrected chi connectivity index (χ0v) is 15.4. The van der Waals surface area contributed by atoms with Crippen LogP contribution in [0.5, 0.6) is 5.75 Å². The lowest BCUT2D eigenvalue weighted by Gasteiger charge is -2.39. The molecule has 2 aromatic carbocycles. The summed E-state index contributed by atoms with van der Waals surface area (Å²) in [6, 6.07) is 18.0. The molecule has 1 aromatic heterocycles. The van der Waals surface area contributed by atoms with Gasteiger partial charge in [0, 0.05) is 16.4 Å². The first-order valence-electron chi connectivity index (χ1n) is 7.97. The van der Waals surface area contributed by atoms with Crippen molar-refractivity contribution in [3.63, 3.8) is 0 Å². The Labute approximate surface area is 158 Å². The first-order valence-corrected chi connectivity index (χ1v) is 10.1. The molecule has 3 nitrogen and oxygen atoms in total. The topological polar surface area (TPSA) is 42.1 Å². The summed E-state index contributed by atoms with van der Waals surface area (Å²) in [7, 11) is 0. The molecule has 3 heterocycles. The summed E-state index contributed by atoms with van der Waals surface area (Å²) in [6.45, 7) is 0. The second-order valence-electron chi connectivity index (χ2n) is 6.12. The molecular formula is C19H13NO2S3. The zero-order valence-electron chi connectivity index (χ0n) is 13.0. The number of rotatable bonds is 1. The SMILES string of the molecule is O=C1Oc2ccccc2[C@H]2c3sc(=S)[nH]c3S[C@@H](c3ccccc3)[C@@H]12. The molecule has 5 rings (SSSR count). The van der Waals surface area contributed by atoms with Gasteiger partial charge >= 0.3 is 5.97 Å². The van der Waals surface area contributed by atoms with Crippen LogP contribution in [0.25, 0.3) is 0 Å². The number of carbonyl (C=O) groups is 1. The maximum atomic E-state index is 12.9. The minimum atomic E-state index is -0.253. The molecule has 3 atom stereocenters. The summed E-state index contributed by atoms with van der Waals surface area (Å²) in [5.41, 5.74) is 2.20. The van der Waals surface area contributed by atoms with Crippen molar-refractivity contribution in [1.82, 2.24) is 4.98 Å². The Morgan fingerprint density at radius 3 is 2.64 bits per heavy atom. The van der Waals surface area contributed by atoms with E-state index in [2.05, 4.69) is 23.2 Å². The predicted molar refractivity (Wildman–Crippen MR) is 102 cm³/mol. The average Bonchev–Trinajstić information content (AvgIpc) is 3.01. The van der Waals surface area contributed by atoms with Gasteiger partial charge in [0.25, 0.3) is 0 Å². The van der Waals surface area contributed by atoms with Gasteiger partial charge in [0.1, 0.15) is 5.75 Å². The molecule has 0 unspecified atom stereocenters. The highest BCUT2D eigenvalue weighted by Crippen LogP contribution is 2.59. The Morgan fingerprint density at radius 2 is 1.80 bits per heavy atom. The normalized spacial score (nSPS) is 24.0. The lowest BCUT2D eigenvalue weighted by Crippen LogP contribution is -2.37. The van der Waals surface area contributed by atoms with E-state index in [0.29, 0.717) is 5.75 Å². The molecule has 0 radical (unpaired) electrons. The smallest absolute Gasteiger partial charge is 0.316 e. The molecule has 0 bridgehead atoms. The van der Waals surface area contributed by atoms with Crippen molar-refractivity contribution in [3.8, 4) is 5.75 Å². The second kappa shape index (κ2) is 5.83. The maximum absolute atomic E-state index is 12.9. The Morgan fingerprint density at radius 1 is 1.04 bits per heavy atom. The number of aromatic amines is 1. The van der Waals surface area contributed by atoms with E-state index >= 15 is 0 Å². The summed E-state index contributed by atoms with van der Waals surface area (Å²) in [6.07, 6.45) is 0. The number of aromatic nitrogens is 1. The summed E-state index contributed by atoms with van der Waals surface area (Å²) >= 11 is 8.64. The lowest BCUT2D eigenvalue weighted by molar-refractivity contribution is -0.140. The van der Waals surface area contributed by atoms with Gasteiger partial charge in [-0.05, 0) is 23.8 Å². The molecule has 25 heavy (non-hydrogen) atoms. The van der Waals surface area contributed by atoms with Crippen molar-refractivity contribution in [2.75, 3.05) is 0 Å². The van der Waals surface area contributed by atoms with Crippen molar-refractivity contribution in [3.05, 3.63) is 74.6 Å². The number of para-hydroxylation sites is 1. The molecule has 0 aliphatic carbocycles. The Bertz CT molecular complexity index is 1020. The number of fused-ring (bicyclic) bond motifs is 5. The molecule has 6 heteroatoms. The largest absolute Gasteiger partial charge is 0.426 e. The van der Waals surface area contributed by atoms with Crippen LogP contribution in [-0.4, -0.2) is 11.0 Å². The molecule has 0 saturated carbocycles. The van der Waals surface area contributed by atoms with E-state index in [1.807, 2.05) is 36.4 Å². The van der Waals surface area contributed by atoms with Crippen molar-refractivity contribution >= 4 is 41.3 Å². The van der Waals surface area contributed by atoms with Crippen LogP contribution in [0.4, 0.5) is 0 Å². The Kier molecular flexibility index (Phi) is 3.58. The van der Waals surface area contributed by atoms with Gasteiger partial charge in [0.15, 0.2) is 3.95 Å². The highest BCUT2D eigenvalue weighted by molar-refractivity contribution is 7.99. The summed E-state index contributed by atoms with van der Waals surface area (Å²) in [4.78, 5) is 17.4. The van der Waals surface area contributed by atoms with Crippen molar-refractivity contribution in [2.24, 2.45) is 5.92 Å². The van der Waals surface area contributed by atoms with Crippen LogP contribution in [0.15, 0.2) is 59.6 Å². The molecule has 3 aromatic rings. The van der Waals surface area contributed by atoms with Crippen LogP contribution in [0.1, 0.15) is 27.2 Å². The van der Waals surface area contributed by atoms with E-state index in [1.54, 1.807) is 23.1 Å². The van der Waals surface area contributed by atoms with Gasteiger partial charge < -0.3 is 9.72 Å². The third kappa shape index (κ3) is 2.39. The number of thioether (sulfide) groups is 1. The second-order valence-corrected chi connectivity index (χ2v) is 8.99. The molecule has 1 N–H and O–H groups in total. The van der Waals surface area contributed by atoms with Crippen LogP contribution >= 0.6 is 35.3 Å². The quantitative estimate of drug-likeness (QED) is 0.351. The maximum Gasteiger partial charge on any atom is 0.316 e. The number of benzene rings is 2. The van der Waals surface area contributed by atoms with E-state index in [4.69, 9.17) is 17.0 Å². The third-order valence-electron chi connectivity index (χ3n) is 4.72. The number of H-pyrrole nitrogens is 1. The van der Waals surface area contributed by atoms with Gasteiger partial charge in [0.2, 0.25) is 0 Å². The standard InChI is InChI=1S/C19H13NO2S3/c21-18-14-13(11-8-4-5-9-12(11)22-18)16-17(20-19(23)25-16)24-15(14)10-6-2-1-3-7-10/h1-9,13-15H,(H,20,23)/t13-,14+,15+/m1/s1. The molecule has 2 aliphatic rings. The summed E-state index contributed by atoms with van der Waals surface area (Å²) in [5, 5.41) is 1.08. The van der Waals surface area contributed by atoms with Crippen LogP contribution in [0, 0.1) is 9.87 Å². The number of carbonyl (C=O) groups excluding carboxylic acids is 1. The lowest BCUT2D eigenvalue weighted by atomic mass is 9.78. The van der Waals surface area contributed by atoms with Crippen molar-refractivity contribution in [2.45, 2.75) is 16.2 Å². The van der Waals surface area contributed by atoms with Crippen LogP contribution < -0.4 is 4.74 Å². The predicted octanol–water partition coefficient (Wildman–Crippen LogP) is 5.32. The average molecular weight is 384 g/mol. The fourth-order valence-electron chi connectivity index (χ4n) is 3.68. The Balaban J connectivity index is 1.75. The van der Waals surface area contributed by atoms with Gasteiger partial charge in [-0.1, -0.05) is 60.3 Å². The Hall–Kier alpha value is -1.89. The molecule has 2 aliphatic heterocycles. The van der Waals surface area contributed by atoms with E-state index in [-0.39, 0.29) is 23.1 Å². The molecule has 0 spiro atoms. The monoisotopic (exact) mass is 383 g/mol. The highest BCUT2D eigenvalue weighted by atomic mass is 32.2. The molecule has 124 valence electrons. The van der Waals surface area contributed by atoms with Gasteiger partial charge in [-0.2, -0.15) is 0 Å². The first kappa shape index (κ1) is 15.4. The van der Waals surface area contributed by atoms with Gasteiger partial charge in [-0.3, -0.25) is 4.79 Å². The van der Waals surface area contributed by atoms with Crippen LogP contribution in [0.2, 0.25) is 0 Å². The minimum absolute atomic E-state index is 0.000180. The summed E-state index contributed by atoms with van der Waals surface area (Å²) < 4.78 is 6.44. The van der Waals surface area contributed by atoms with E-state index in [1.165, 1.54) is 0 Å². The van der Waals surface area contributed by atoms with Gasteiger partial charge in [0.05, 0.1) is 16.2 Å². The molecule has 0 amide bonds. The minimum Gasteiger partial charge on any atom is -0.426 e. The third-order valence-corrected chi connectivity index (χ3v) is 7.54. The fraction of sp³-hybridized carbons (Fsp3) is 0.158. The van der Waals surface area contributed by atoms with Gasteiger partial charge in [-0.15, -0.1) is 11.3 Å².